The molecule has 0 aliphatic heterocycles. The van der Waals surface area contributed by atoms with Crippen LogP contribution in [0.1, 0.15) is 6.92 Å². The Bertz CT molecular complexity index is 647. The minimum absolute atomic E-state index is 0.220. The summed E-state index contributed by atoms with van der Waals surface area (Å²) >= 11 is 0. The fraction of sp³-hybridized carbons (Fsp3) is 0.250. The Morgan fingerprint density at radius 1 is 0.875 bits per heavy atom. The maximum absolute atomic E-state index is 11.1. The van der Waals surface area contributed by atoms with Crippen LogP contribution in [0.15, 0.2) is 66.7 Å². The van der Waals surface area contributed by atoms with Gasteiger partial charge in [0.25, 0.3) is 0 Å². The first kappa shape index (κ1) is 17.8. The van der Waals surface area contributed by atoms with Crippen LogP contribution in [0.3, 0.4) is 0 Å². The molecular formula is C20H22O4. The predicted octanol–water partition coefficient (Wildman–Crippen LogP) is 3.87. The van der Waals surface area contributed by atoms with Gasteiger partial charge in [-0.2, -0.15) is 0 Å². The lowest BCUT2D eigenvalue weighted by atomic mass is 10.1. The van der Waals surface area contributed by atoms with E-state index >= 15 is 0 Å². The average molecular weight is 326 g/mol. The van der Waals surface area contributed by atoms with Gasteiger partial charge in [-0.15, -0.1) is 0 Å². The first-order valence-corrected chi connectivity index (χ1v) is 7.85. The second-order valence-corrected chi connectivity index (χ2v) is 5.27. The van der Waals surface area contributed by atoms with Gasteiger partial charge in [-0.25, -0.2) is 4.79 Å². The Kier molecular flexibility index (Phi) is 7.05. The van der Waals surface area contributed by atoms with Gasteiger partial charge in [-0.1, -0.05) is 49.0 Å². The van der Waals surface area contributed by atoms with Crippen molar-refractivity contribution in [2.45, 2.75) is 6.92 Å². The van der Waals surface area contributed by atoms with Crippen LogP contribution < -0.4 is 4.74 Å². The third-order valence-corrected chi connectivity index (χ3v) is 3.27. The van der Waals surface area contributed by atoms with Crippen LogP contribution in [0.2, 0.25) is 0 Å². The fourth-order valence-electron chi connectivity index (χ4n) is 2.01. The van der Waals surface area contributed by atoms with Gasteiger partial charge in [0.1, 0.15) is 19.0 Å². The molecule has 0 aromatic heterocycles. The number of rotatable bonds is 9. The zero-order chi connectivity index (χ0) is 17.2. The third kappa shape index (κ3) is 5.89. The minimum atomic E-state index is -0.395. The van der Waals surface area contributed by atoms with E-state index in [9.17, 15) is 4.79 Å². The van der Waals surface area contributed by atoms with Crippen molar-refractivity contribution in [2.75, 3.05) is 26.4 Å². The summed E-state index contributed by atoms with van der Waals surface area (Å²) in [7, 11) is 0. The monoisotopic (exact) mass is 326 g/mol. The number of esters is 1. The molecular weight excluding hydrogens is 304 g/mol. The van der Waals surface area contributed by atoms with Gasteiger partial charge in [0.15, 0.2) is 0 Å². The highest BCUT2D eigenvalue weighted by Crippen LogP contribution is 2.21. The number of ether oxygens (including phenoxy) is 3. The molecule has 4 heteroatoms. The molecule has 0 heterocycles. The first-order chi connectivity index (χ1) is 11.7. The topological polar surface area (TPSA) is 44.8 Å². The van der Waals surface area contributed by atoms with Crippen molar-refractivity contribution < 1.29 is 19.0 Å². The molecule has 0 saturated carbocycles. The number of hydrogen-bond donors (Lipinski definition) is 0. The summed E-state index contributed by atoms with van der Waals surface area (Å²) < 4.78 is 15.9. The maximum atomic E-state index is 11.1. The van der Waals surface area contributed by atoms with Crippen molar-refractivity contribution in [3.8, 4) is 16.9 Å². The summed E-state index contributed by atoms with van der Waals surface area (Å²) in [5.74, 6) is 0.403. The van der Waals surface area contributed by atoms with E-state index in [2.05, 4.69) is 18.7 Å². The average Bonchev–Trinajstić information content (AvgIpc) is 2.62. The molecule has 2 aromatic rings. The van der Waals surface area contributed by atoms with Gasteiger partial charge in [0, 0.05) is 5.57 Å². The molecule has 0 unspecified atom stereocenters. The lowest BCUT2D eigenvalue weighted by molar-refractivity contribution is -0.140. The SMILES string of the molecule is C=C(C)C(=O)OCCOCCOc1ccc(-c2ccccc2)cc1. The molecule has 126 valence electrons. The minimum Gasteiger partial charge on any atom is -0.491 e. The zero-order valence-electron chi connectivity index (χ0n) is 13.9. The highest BCUT2D eigenvalue weighted by Gasteiger charge is 2.02. The summed E-state index contributed by atoms with van der Waals surface area (Å²) in [6.07, 6.45) is 0. The second kappa shape index (κ2) is 9.53. The van der Waals surface area contributed by atoms with Gasteiger partial charge >= 0.3 is 5.97 Å². The number of benzene rings is 2. The Morgan fingerprint density at radius 3 is 2.17 bits per heavy atom. The van der Waals surface area contributed by atoms with Crippen molar-refractivity contribution in [1.29, 1.82) is 0 Å². The van der Waals surface area contributed by atoms with E-state index in [1.165, 1.54) is 5.56 Å². The van der Waals surface area contributed by atoms with Crippen molar-refractivity contribution in [3.05, 3.63) is 66.7 Å². The van der Waals surface area contributed by atoms with E-state index < -0.39 is 5.97 Å². The molecule has 0 fully saturated rings. The van der Waals surface area contributed by atoms with E-state index in [-0.39, 0.29) is 6.61 Å². The molecule has 4 nitrogen and oxygen atoms in total. The van der Waals surface area contributed by atoms with E-state index in [4.69, 9.17) is 14.2 Å². The van der Waals surface area contributed by atoms with E-state index in [1.54, 1.807) is 6.92 Å². The summed E-state index contributed by atoms with van der Waals surface area (Å²) in [4.78, 5) is 11.1. The van der Waals surface area contributed by atoms with Crippen molar-refractivity contribution in [1.82, 2.24) is 0 Å². The normalized spacial score (nSPS) is 10.2. The molecule has 0 bridgehead atoms. The smallest absolute Gasteiger partial charge is 0.333 e. The van der Waals surface area contributed by atoms with Crippen LogP contribution in [-0.4, -0.2) is 32.4 Å². The quantitative estimate of drug-likeness (QED) is 0.399. The Morgan fingerprint density at radius 2 is 1.50 bits per heavy atom. The molecule has 0 saturated heterocycles. The Balaban J connectivity index is 1.63. The molecule has 0 aliphatic rings. The lowest BCUT2D eigenvalue weighted by Crippen LogP contribution is -2.13. The largest absolute Gasteiger partial charge is 0.491 e. The fourth-order valence-corrected chi connectivity index (χ4v) is 2.01. The summed E-state index contributed by atoms with van der Waals surface area (Å²) in [5, 5.41) is 0. The summed E-state index contributed by atoms with van der Waals surface area (Å²) in [5.41, 5.74) is 2.72. The number of carbonyl (C=O) groups excluding carboxylic acids is 1. The number of carbonyl (C=O) groups is 1. The van der Waals surface area contributed by atoms with Crippen LogP contribution in [0.4, 0.5) is 0 Å². The van der Waals surface area contributed by atoms with Gasteiger partial charge in [0.2, 0.25) is 0 Å². The van der Waals surface area contributed by atoms with Gasteiger partial charge in [-0.05, 0) is 30.2 Å². The van der Waals surface area contributed by atoms with Crippen LogP contribution >= 0.6 is 0 Å². The molecule has 0 radical (unpaired) electrons. The van der Waals surface area contributed by atoms with E-state index in [0.717, 1.165) is 11.3 Å². The van der Waals surface area contributed by atoms with Crippen molar-refractivity contribution >= 4 is 5.97 Å². The lowest BCUT2D eigenvalue weighted by Gasteiger charge is -2.08. The highest BCUT2D eigenvalue weighted by molar-refractivity contribution is 5.86. The molecule has 0 amide bonds. The molecule has 2 aromatic carbocycles. The second-order valence-electron chi connectivity index (χ2n) is 5.27. The third-order valence-electron chi connectivity index (χ3n) is 3.27. The van der Waals surface area contributed by atoms with E-state index in [0.29, 0.717) is 25.4 Å². The molecule has 0 atom stereocenters. The molecule has 0 N–H and O–H groups in total. The van der Waals surface area contributed by atoms with Crippen LogP contribution in [0, 0.1) is 0 Å². The highest BCUT2D eigenvalue weighted by atomic mass is 16.6. The van der Waals surface area contributed by atoms with Crippen LogP contribution in [0.5, 0.6) is 5.75 Å². The Labute approximate surface area is 142 Å². The van der Waals surface area contributed by atoms with Gasteiger partial charge < -0.3 is 14.2 Å². The Hall–Kier alpha value is -2.59. The first-order valence-electron chi connectivity index (χ1n) is 7.85. The number of hydrogen-bond acceptors (Lipinski definition) is 4. The van der Waals surface area contributed by atoms with Crippen LogP contribution in [-0.2, 0) is 14.3 Å². The zero-order valence-corrected chi connectivity index (χ0v) is 13.9. The summed E-state index contributed by atoms with van der Waals surface area (Å²) in [6.45, 7) is 6.56. The van der Waals surface area contributed by atoms with Crippen molar-refractivity contribution in [2.24, 2.45) is 0 Å². The van der Waals surface area contributed by atoms with Crippen molar-refractivity contribution in [3.63, 3.8) is 0 Å². The van der Waals surface area contributed by atoms with E-state index in [1.807, 2.05) is 42.5 Å². The molecule has 0 spiro atoms. The van der Waals surface area contributed by atoms with Gasteiger partial charge in [0.05, 0.1) is 13.2 Å². The molecule has 0 aliphatic carbocycles. The predicted molar refractivity (Wildman–Crippen MR) is 94.0 cm³/mol. The maximum Gasteiger partial charge on any atom is 0.333 e. The van der Waals surface area contributed by atoms with Crippen LogP contribution in [0.25, 0.3) is 11.1 Å². The summed E-state index contributed by atoms with van der Waals surface area (Å²) in [6, 6.07) is 18.1. The molecule has 24 heavy (non-hydrogen) atoms. The molecule has 2 rings (SSSR count). The van der Waals surface area contributed by atoms with Gasteiger partial charge in [-0.3, -0.25) is 0 Å². The standard InChI is InChI=1S/C20H22O4/c1-16(2)20(21)24-15-13-22-12-14-23-19-10-8-18(9-11-19)17-6-4-3-5-7-17/h3-11H,1,12-15H2,2H3.